The standard InChI is InChI=1S/C22H27ClN6/c1-17(2)29-22(24-25-26-29)21(19-8-10-20(23)11-9-19)28-14-12-27(13-15-28)16-18-6-4-3-5-7-18/h3-11,17,21H,12-16H2,1-2H3/t21-/m1/s1. The van der Waals surface area contributed by atoms with Crippen LogP contribution >= 0.6 is 11.6 Å². The van der Waals surface area contributed by atoms with Crippen LogP contribution in [0.1, 0.15) is 42.9 Å². The lowest BCUT2D eigenvalue weighted by Crippen LogP contribution is -2.48. The first-order chi connectivity index (χ1) is 14.1. The number of nitrogens with zero attached hydrogens (tertiary/aromatic N) is 6. The van der Waals surface area contributed by atoms with Gasteiger partial charge in [-0.2, -0.15) is 0 Å². The largest absolute Gasteiger partial charge is 0.297 e. The smallest absolute Gasteiger partial charge is 0.173 e. The summed E-state index contributed by atoms with van der Waals surface area (Å²) in [7, 11) is 0. The normalized spacial score (nSPS) is 17.0. The molecule has 1 aromatic heterocycles. The van der Waals surface area contributed by atoms with Gasteiger partial charge in [0.1, 0.15) is 0 Å². The van der Waals surface area contributed by atoms with E-state index in [9.17, 15) is 0 Å². The zero-order valence-electron chi connectivity index (χ0n) is 16.9. The predicted octanol–water partition coefficient (Wildman–Crippen LogP) is 3.81. The van der Waals surface area contributed by atoms with Gasteiger partial charge in [0.15, 0.2) is 5.82 Å². The molecule has 1 saturated heterocycles. The van der Waals surface area contributed by atoms with E-state index in [4.69, 9.17) is 11.6 Å². The fourth-order valence-electron chi connectivity index (χ4n) is 3.94. The van der Waals surface area contributed by atoms with Crippen LogP contribution in [0, 0.1) is 0 Å². The Labute approximate surface area is 177 Å². The fourth-order valence-corrected chi connectivity index (χ4v) is 4.06. The van der Waals surface area contributed by atoms with E-state index in [1.165, 1.54) is 11.1 Å². The van der Waals surface area contributed by atoms with Gasteiger partial charge in [-0.3, -0.25) is 9.80 Å². The van der Waals surface area contributed by atoms with Gasteiger partial charge in [-0.1, -0.05) is 54.1 Å². The Bertz CT molecular complexity index is 901. The highest BCUT2D eigenvalue weighted by Gasteiger charge is 2.31. The highest BCUT2D eigenvalue weighted by Crippen LogP contribution is 2.30. The Morgan fingerprint density at radius 2 is 1.62 bits per heavy atom. The lowest BCUT2D eigenvalue weighted by Gasteiger charge is -2.39. The average Bonchev–Trinajstić information content (AvgIpc) is 3.21. The number of tetrazole rings is 1. The van der Waals surface area contributed by atoms with Crippen molar-refractivity contribution in [3.05, 3.63) is 76.6 Å². The molecule has 1 aliphatic rings. The molecule has 7 heteroatoms. The molecule has 4 rings (SSSR count). The molecular formula is C22H27ClN6. The Hall–Kier alpha value is -2.28. The Balaban J connectivity index is 1.54. The van der Waals surface area contributed by atoms with Gasteiger partial charge in [0.05, 0.1) is 12.1 Å². The van der Waals surface area contributed by atoms with E-state index >= 15 is 0 Å². The molecule has 0 aliphatic carbocycles. The minimum atomic E-state index is 0.0172. The molecule has 0 amide bonds. The third kappa shape index (κ3) is 4.66. The Kier molecular flexibility index (Phi) is 6.23. The summed E-state index contributed by atoms with van der Waals surface area (Å²) < 4.78 is 1.93. The third-order valence-electron chi connectivity index (χ3n) is 5.46. The van der Waals surface area contributed by atoms with Crippen LogP contribution in [0.25, 0.3) is 0 Å². The molecule has 0 saturated carbocycles. The zero-order chi connectivity index (χ0) is 20.2. The molecule has 1 aliphatic heterocycles. The number of aromatic nitrogens is 4. The SMILES string of the molecule is CC(C)n1nnnc1[C@@H](c1ccc(Cl)cc1)N1CCN(Cc2ccccc2)CC1. The van der Waals surface area contributed by atoms with Crippen LogP contribution in [0.2, 0.25) is 5.02 Å². The van der Waals surface area contributed by atoms with E-state index in [1.54, 1.807) is 0 Å². The van der Waals surface area contributed by atoms with Gasteiger partial charge in [0, 0.05) is 37.7 Å². The molecule has 6 nitrogen and oxygen atoms in total. The summed E-state index contributed by atoms with van der Waals surface area (Å²) in [5.41, 5.74) is 2.53. The maximum Gasteiger partial charge on any atom is 0.173 e. The lowest BCUT2D eigenvalue weighted by atomic mass is 10.0. The molecule has 3 aromatic rings. The summed E-state index contributed by atoms with van der Waals surface area (Å²) in [6.45, 7) is 9.16. The van der Waals surface area contributed by atoms with Crippen LogP contribution in [0.4, 0.5) is 0 Å². The van der Waals surface area contributed by atoms with Crippen LogP contribution in [0.5, 0.6) is 0 Å². The van der Waals surface area contributed by atoms with Crippen molar-refractivity contribution in [1.82, 2.24) is 30.0 Å². The van der Waals surface area contributed by atoms with Crippen molar-refractivity contribution in [2.45, 2.75) is 32.5 Å². The van der Waals surface area contributed by atoms with E-state index in [2.05, 4.69) is 81.6 Å². The second-order valence-electron chi connectivity index (χ2n) is 7.83. The van der Waals surface area contributed by atoms with Crippen molar-refractivity contribution in [2.24, 2.45) is 0 Å². The predicted molar refractivity (Wildman–Crippen MR) is 115 cm³/mol. The van der Waals surface area contributed by atoms with E-state index in [1.807, 2.05) is 16.8 Å². The van der Waals surface area contributed by atoms with E-state index in [-0.39, 0.29) is 12.1 Å². The van der Waals surface area contributed by atoms with Crippen LogP contribution in [0.15, 0.2) is 54.6 Å². The van der Waals surface area contributed by atoms with Crippen molar-refractivity contribution >= 4 is 11.6 Å². The third-order valence-corrected chi connectivity index (χ3v) is 5.71. The van der Waals surface area contributed by atoms with Crippen molar-refractivity contribution < 1.29 is 0 Å². The molecule has 0 unspecified atom stereocenters. The Morgan fingerprint density at radius 3 is 2.28 bits per heavy atom. The Morgan fingerprint density at radius 1 is 0.931 bits per heavy atom. The average molecular weight is 411 g/mol. The summed E-state index contributed by atoms with van der Waals surface area (Å²) >= 11 is 6.14. The summed E-state index contributed by atoms with van der Waals surface area (Å²) in [6, 6.07) is 18.9. The minimum absolute atomic E-state index is 0.0172. The summed E-state index contributed by atoms with van der Waals surface area (Å²) in [5, 5.41) is 13.4. The van der Waals surface area contributed by atoms with Gasteiger partial charge in [-0.05, 0) is 47.5 Å². The first-order valence-electron chi connectivity index (χ1n) is 10.2. The molecule has 0 spiro atoms. The van der Waals surface area contributed by atoms with E-state index in [0.717, 1.165) is 43.6 Å². The van der Waals surface area contributed by atoms with Crippen molar-refractivity contribution in [3.8, 4) is 0 Å². The second kappa shape index (κ2) is 9.03. The number of halogens is 1. The van der Waals surface area contributed by atoms with E-state index in [0.29, 0.717) is 0 Å². The summed E-state index contributed by atoms with van der Waals surface area (Å²) in [6.07, 6.45) is 0. The van der Waals surface area contributed by atoms with Crippen molar-refractivity contribution in [2.75, 3.05) is 26.2 Å². The van der Waals surface area contributed by atoms with Crippen LogP contribution in [-0.4, -0.2) is 56.2 Å². The zero-order valence-corrected chi connectivity index (χ0v) is 17.7. The van der Waals surface area contributed by atoms with E-state index < -0.39 is 0 Å². The topological polar surface area (TPSA) is 50.1 Å². The molecule has 0 bridgehead atoms. The van der Waals surface area contributed by atoms with Crippen LogP contribution < -0.4 is 0 Å². The molecule has 0 N–H and O–H groups in total. The van der Waals surface area contributed by atoms with Gasteiger partial charge in [-0.25, -0.2) is 4.68 Å². The molecule has 1 atom stereocenters. The monoisotopic (exact) mass is 410 g/mol. The molecular weight excluding hydrogens is 384 g/mol. The first kappa shape index (κ1) is 20.0. The van der Waals surface area contributed by atoms with Crippen molar-refractivity contribution in [1.29, 1.82) is 0 Å². The number of hydrogen-bond donors (Lipinski definition) is 0. The van der Waals surface area contributed by atoms with Gasteiger partial charge >= 0.3 is 0 Å². The van der Waals surface area contributed by atoms with Gasteiger partial charge in [-0.15, -0.1) is 5.10 Å². The van der Waals surface area contributed by atoms with Gasteiger partial charge < -0.3 is 0 Å². The highest BCUT2D eigenvalue weighted by atomic mass is 35.5. The van der Waals surface area contributed by atoms with Crippen LogP contribution in [-0.2, 0) is 6.54 Å². The number of rotatable bonds is 6. The maximum atomic E-state index is 6.14. The molecule has 2 heterocycles. The number of piperazine rings is 1. The molecule has 29 heavy (non-hydrogen) atoms. The quantitative estimate of drug-likeness (QED) is 0.618. The molecule has 2 aromatic carbocycles. The minimum Gasteiger partial charge on any atom is -0.297 e. The fraction of sp³-hybridized carbons (Fsp3) is 0.409. The number of benzene rings is 2. The highest BCUT2D eigenvalue weighted by molar-refractivity contribution is 6.30. The van der Waals surface area contributed by atoms with Crippen molar-refractivity contribution in [3.63, 3.8) is 0 Å². The molecule has 152 valence electrons. The maximum absolute atomic E-state index is 6.14. The molecule has 1 fully saturated rings. The summed E-state index contributed by atoms with van der Waals surface area (Å²) in [4.78, 5) is 4.99. The van der Waals surface area contributed by atoms with Crippen LogP contribution in [0.3, 0.4) is 0 Å². The van der Waals surface area contributed by atoms with Gasteiger partial charge in [0.25, 0.3) is 0 Å². The second-order valence-corrected chi connectivity index (χ2v) is 8.26. The first-order valence-corrected chi connectivity index (χ1v) is 10.5. The lowest BCUT2D eigenvalue weighted by molar-refractivity contribution is 0.0996. The molecule has 0 radical (unpaired) electrons. The number of hydrogen-bond acceptors (Lipinski definition) is 5. The van der Waals surface area contributed by atoms with Gasteiger partial charge in [0.2, 0.25) is 0 Å². The summed E-state index contributed by atoms with van der Waals surface area (Å²) in [5.74, 6) is 0.888.